The quantitative estimate of drug-likeness (QED) is 0.648. The number of methoxy groups -OCH3 is 1. The normalized spacial score (nSPS) is 10.1. The number of nitrogens with one attached hydrogen (secondary N) is 1. The van der Waals surface area contributed by atoms with Crippen molar-refractivity contribution in [3.05, 3.63) is 57.6 Å². The Bertz CT molecular complexity index is 753. The van der Waals surface area contributed by atoms with Gasteiger partial charge in [0.15, 0.2) is 6.61 Å². The molecule has 0 aliphatic carbocycles. The highest BCUT2D eigenvalue weighted by atomic mass is 16.6. The third-order valence-electron chi connectivity index (χ3n) is 3.24. The van der Waals surface area contributed by atoms with Gasteiger partial charge in [0.25, 0.3) is 11.6 Å². The Balaban J connectivity index is 2.03. The van der Waals surface area contributed by atoms with E-state index in [0.29, 0.717) is 11.4 Å². The van der Waals surface area contributed by atoms with Crippen LogP contribution >= 0.6 is 0 Å². The van der Waals surface area contributed by atoms with Crippen molar-refractivity contribution in [1.82, 2.24) is 0 Å². The third-order valence-corrected chi connectivity index (χ3v) is 3.24. The molecule has 0 bridgehead atoms. The van der Waals surface area contributed by atoms with Gasteiger partial charge in [-0.2, -0.15) is 0 Å². The summed E-state index contributed by atoms with van der Waals surface area (Å²) in [4.78, 5) is 22.2. The monoisotopic (exact) mass is 330 g/mol. The van der Waals surface area contributed by atoms with Crippen LogP contribution in [0.3, 0.4) is 0 Å². The fourth-order valence-corrected chi connectivity index (χ4v) is 2.25. The van der Waals surface area contributed by atoms with Gasteiger partial charge in [0, 0.05) is 6.07 Å². The number of nitrogens with zero attached hydrogens (tertiary/aromatic N) is 1. The molecule has 0 aliphatic heterocycles. The molecule has 0 fully saturated rings. The lowest BCUT2D eigenvalue weighted by molar-refractivity contribution is -0.384. The first-order valence-corrected chi connectivity index (χ1v) is 7.22. The molecule has 0 aromatic heterocycles. The molecule has 2 aromatic rings. The van der Waals surface area contributed by atoms with Gasteiger partial charge in [0.05, 0.1) is 23.8 Å². The number of hydrogen-bond acceptors (Lipinski definition) is 5. The van der Waals surface area contributed by atoms with E-state index in [2.05, 4.69) is 5.32 Å². The van der Waals surface area contributed by atoms with Crippen molar-refractivity contribution in [2.75, 3.05) is 19.0 Å². The minimum Gasteiger partial charge on any atom is -0.494 e. The Morgan fingerprint density at radius 3 is 2.42 bits per heavy atom. The molecule has 0 spiro atoms. The fraction of sp³-hybridized carbons (Fsp3) is 0.235. The van der Waals surface area contributed by atoms with Gasteiger partial charge in [-0.15, -0.1) is 0 Å². The molecule has 24 heavy (non-hydrogen) atoms. The minimum atomic E-state index is -0.530. The predicted octanol–water partition coefficient (Wildman–Crippen LogP) is 3.24. The summed E-state index contributed by atoms with van der Waals surface area (Å²) in [5.41, 5.74) is 2.32. The van der Waals surface area contributed by atoms with Crippen LogP contribution < -0.4 is 14.8 Å². The molecular weight excluding hydrogens is 312 g/mol. The molecule has 0 atom stereocenters. The van der Waals surface area contributed by atoms with Crippen LogP contribution in [0.15, 0.2) is 36.4 Å². The summed E-state index contributed by atoms with van der Waals surface area (Å²) in [5.74, 6) is 0.434. The van der Waals surface area contributed by atoms with E-state index in [1.54, 1.807) is 0 Å². The number of aryl methyl sites for hydroxylation is 2. The Kier molecular flexibility index (Phi) is 5.36. The van der Waals surface area contributed by atoms with Crippen molar-refractivity contribution in [3.63, 3.8) is 0 Å². The average molecular weight is 330 g/mol. The van der Waals surface area contributed by atoms with E-state index in [1.165, 1.54) is 25.3 Å². The summed E-state index contributed by atoms with van der Waals surface area (Å²) in [5, 5.41) is 13.4. The molecule has 2 rings (SSSR count). The molecule has 0 saturated carbocycles. The Labute approximate surface area is 139 Å². The van der Waals surface area contributed by atoms with Gasteiger partial charge in [-0.3, -0.25) is 14.9 Å². The molecule has 0 unspecified atom stereocenters. The number of anilines is 1. The maximum absolute atomic E-state index is 12.0. The highest BCUT2D eigenvalue weighted by molar-refractivity contribution is 5.93. The zero-order chi connectivity index (χ0) is 17.7. The van der Waals surface area contributed by atoms with Gasteiger partial charge < -0.3 is 14.8 Å². The molecule has 0 radical (unpaired) electrons. The highest BCUT2D eigenvalue weighted by Crippen LogP contribution is 2.29. The van der Waals surface area contributed by atoms with Crippen molar-refractivity contribution >= 4 is 17.3 Å². The number of ether oxygens (including phenoxy) is 2. The summed E-state index contributed by atoms with van der Waals surface area (Å²) < 4.78 is 10.5. The first-order valence-electron chi connectivity index (χ1n) is 7.22. The molecular formula is C17H18N2O5. The standard InChI is InChI=1S/C17H18N2O5/c1-11-6-12(2)8-14(7-11)24-10-17(20)18-15-5-4-13(19(21)22)9-16(15)23-3/h4-9H,10H2,1-3H3,(H,18,20). The number of rotatable bonds is 6. The number of benzene rings is 2. The molecule has 0 heterocycles. The van der Waals surface area contributed by atoms with Crippen LogP contribution in [0.2, 0.25) is 0 Å². The van der Waals surface area contributed by atoms with E-state index in [9.17, 15) is 14.9 Å². The van der Waals surface area contributed by atoms with E-state index < -0.39 is 4.92 Å². The number of non-ortho nitro benzene ring substituents is 1. The lowest BCUT2D eigenvalue weighted by Crippen LogP contribution is -2.20. The summed E-state index contributed by atoms with van der Waals surface area (Å²) in [7, 11) is 1.38. The zero-order valence-electron chi connectivity index (χ0n) is 13.7. The van der Waals surface area contributed by atoms with E-state index in [4.69, 9.17) is 9.47 Å². The second-order valence-electron chi connectivity index (χ2n) is 5.30. The van der Waals surface area contributed by atoms with Crippen molar-refractivity contribution in [2.24, 2.45) is 0 Å². The van der Waals surface area contributed by atoms with Crippen LogP contribution in [0, 0.1) is 24.0 Å². The highest BCUT2D eigenvalue weighted by Gasteiger charge is 2.13. The smallest absolute Gasteiger partial charge is 0.273 e. The summed E-state index contributed by atoms with van der Waals surface area (Å²) in [6, 6.07) is 9.66. The molecule has 2 aromatic carbocycles. The van der Waals surface area contributed by atoms with Crippen molar-refractivity contribution in [1.29, 1.82) is 0 Å². The molecule has 1 N–H and O–H groups in total. The van der Waals surface area contributed by atoms with Crippen molar-refractivity contribution < 1.29 is 19.2 Å². The van der Waals surface area contributed by atoms with E-state index in [0.717, 1.165) is 11.1 Å². The van der Waals surface area contributed by atoms with Crippen LogP contribution in [-0.4, -0.2) is 24.5 Å². The number of nitro groups is 1. The number of amides is 1. The van der Waals surface area contributed by atoms with Crippen LogP contribution in [0.1, 0.15) is 11.1 Å². The van der Waals surface area contributed by atoms with Crippen LogP contribution in [-0.2, 0) is 4.79 Å². The van der Waals surface area contributed by atoms with Crippen LogP contribution in [0.4, 0.5) is 11.4 Å². The number of hydrogen-bond donors (Lipinski definition) is 1. The Hall–Kier alpha value is -3.09. The van der Waals surface area contributed by atoms with Crippen molar-refractivity contribution in [2.45, 2.75) is 13.8 Å². The predicted molar refractivity (Wildman–Crippen MR) is 89.7 cm³/mol. The first-order chi connectivity index (χ1) is 11.4. The second kappa shape index (κ2) is 7.45. The SMILES string of the molecule is COc1cc([N+](=O)[O-])ccc1NC(=O)COc1cc(C)cc(C)c1. The Morgan fingerprint density at radius 2 is 1.83 bits per heavy atom. The maximum Gasteiger partial charge on any atom is 0.273 e. The van der Waals surface area contributed by atoms with E-state index >= 15 is 0 Å². The molecule has 7 nitrogen and oxygen atoms in total. The van der Waals surface area contributed by atoms with Gasteiger partial charge in [-0.25, -0.2) is 0 Å². The third kappa shape index (κ3) is 4.45. The molecule has 7 heteroatoms. The largest absolute Gasteiger partial charge is 0.494 e. The van der Waals surface area contributed by atoms with Gasteiger partial charge in [-0.05, 0) is 43.2 Å². The van der Waals surface area contributed by atoms with Crippen molar-refractivity contribution in [3.8, 4) is 11.5 Å². The molecule has 126 valence electrons. The van der Waals surface area contributed by atoms with E-state index in [1.807, 2.05) is 32.0 Å². The van der Waals surface area contributed by atoms with Gasteiger partial charge in [-0.1, -0.05) is 6.07 Å². The minimum absolute atomic E-state index is 0.115. The molecule has 0 saturated heterocycles. The van der Waals surface area contributed by atoms with Gasteiger partial charge in [0.1, 0.15) is 11.5 Å². The fourth-order valence-electron chi connectivity index (χ4n) is 2.25. The summed E-state index contributed by atoms with van der Waals surface area (Å²) in [6.07, 6.45) is 0. The number of carbonyl (C=O) groups is 1. The number of nitro benzene ring substituents is 1. The van der Waals surface area contributed by atoms with Gasteiger partial charge >= 0.3 is 0 Å². The van der Waals surface area contributed by atoms with E-state index in [-0.39, 0.29) is 24.0 Å². The van der Waals surface area contributed by atoms with Gasteiger partial charge in [0.2, 0.25) is 0 Å². The Morgan fingerprint density at radius 1 is 1.17 bits per heavy atom. The summed E-state index contributed by atoms with van der Waals surface area (Å²) in [6.45, 7) is 3.71. The second-order valence-corrected chi connectivity index (χ2v) is 5.30. The lowest BCUT2D eigenvalue weighted by Gasteiger charge is -2.11. The molecule has 0 aliphatic rings. The first kappa shape index (κ1) is 17.3. The number of carbonyl (C=O) groups excluding carboxylic acids is 1. The molecule has 1 amide bonds. The zero-order valence-corrected chi connectivity index (χ0v) is 13.7. The topological polar surface area (TPSA) is 90.7 Å². The van der Waals surface area contributed by atoms with Crippen LogP contribution in [0.5, 0.6) is 11.5 Å². The van der Waals surface area contributed by atoms with Crippen LogP contribution in [0.25, 0.3) is 0 Å². The lowest BCUT2D eigenvalue weighted by atomic mass is 10.1. The average Bonchev–Trinajstić information content (AvgIpc) is 2.52. The summed E-state index contributed by atoms with van der Waals surface area (Å²) >= 11 is 0. The maximum atomic E-state index is 12.0.